The van der Waals surface area contributed by atoms with E-state index in [9.17, 15) is 0 Å². The van der Waals surface area contributed by atoms with Crippen LogP contribution in [0.1, 0.15) is 22.6 Å². The molecule has 0 amide bonds. The van der Waals surface area contributed by atoms with Gasteiger partial charge in [-0.15, -0.1) is 0 Å². The van der Waals surface area contributed by atoms with Crippen molar-refractivity contribution in [2.45, 2.75) is 12.5 Å². The highest BCUT2D eigenvalue weighted by molar-refractivity contribution is 5.79. The standard InChI is InChI=1S/C18H17NO/c1-19-11-15-9-14-7-8-20-18(14)10-16(15)17(12-19)13-5-3-2-4-6-13/h2-10,17H,11-12H2,1H3. The van der Waals surface area contributed by atoms with Crippen LogP contribution in [0.5, 0.6) is 0 Å². The van der Waals surface area contributed by atoms with Crippen molar-refractivity contribution in [2.75, 3.05) is 13.6 Å². The molecule has 2 heteroatoms. The number of rotatable bonds is 1. The van der Waals surface area contributed by atoms with Gasteiger partial charge in [0.1, 0.15) is 5.58 Å². The zero-order chi connectivity index (χ0) is 13.5. The second-order valence-electron chi connectivity index (χ2n) is 5.67. The van der Waals surface area contributed by atoms with Gasteiger partial charge in [0.15, 0.2) is 0 Å². The second-order valence-corrected chi connectivity index (χ2v) is 5.67. The highest BCUT2D eigenvalue weighted by atomic mass is 16.3. The molecule has 1 aliphatic heterocycles. The summed E-state index contributed by atoms with van der Waals surface area (Å²) >= 11 is 0. The number of hydrogen-bond donors (Lipinski definition) is 0. The molecule has 20 heavy (non-hydrogen) atoms. The topological polar surface area (TPSA) is 16.4 Å². The van der Waals surface area contributed by atoms with Crippen LogP contribution in [0, 0.1) is 0 Å². The minimum absolute atomic E-state index is 0.430. The maximum Gasteiger partial charge on any atom is 0.134 e. The maximum absolute atomic E-state index is 5.58. The van der Waals surface area contributed by atoms with Crippen molar-refractivity contribution in [2.24, 2.45) is 0 Å². The van der Waals surface area contributed by atoms with Crippen LogP contribution in [-0.4, -0.2) is 18.5 Å². The van der Waals surface area contributed by atoms with Crippen molar-refractivity contribution in [3.05, 3.63) is 71.5 Å². The van der Waals surface area contributed by atoms with E-state index in [0.29, 0.717) is 5.92 Å². The first-order chi connectivity index (χ1) is 9.81. The van der Waals surface area contributed by atoms with Crippen molar-refractivity contribution in [1.29, 1.82) is 0 Å². The summed E-state index contributed by atoms with van der Waals surface area (Å²) in [5.41, 5.74) is 5.21. The van der Waals surface area contributed by atoms with E-state index in [1.165, 1.54) is 22.1 Å². The molecule has 0 aliphatic carbocycles. The molecule has 0 saturated carbocycles. The molecular formula is C18H17NO. The minimum Gasteiger partial charge on any atom is -0.464 e. The lowest BCUT2D eigenvalue weighted by atomic mass is 9.84. The lowest BCUT2D eigenvalue weighted by Gasteiger charge is -2.32. The fourth-order valence-electron chi connectivity index (χ4n) is 3.27. The monoisotopic (exact) mass is 263 g/mol. The van der Waals surface area contributed by atoms with Gasteiger partial charge < -0.3 is 9.32 Å². The zero-order valence-corrected chi connectivity index (χ0v) is 11.5. The molecule has 1 aliphatic rings. The Morgan fingerprint density at radius 3 is 2.80 bits per heavy atom. The minimum atomic E-state index is 0.430. The maximum atomic E-state index is 5.58. The van der Waals surface area contributed by atoms with E-state index >= 15 is 0 Å². The smallest absolute Gasteiger partial charge is 0.134 e. The summed E-state index contributed by atoms with van der Waals surface area (Å²) in [6, 6.07) is 17.3. The van der Waals surface area contributed by atoms with Crippen molar-refractivity contribution < 1.29 is 4.42 Å². The molecule has 2 aromatic carbocycles. The first-order valence-corrected chi connectivity index (χ1v) is 7.05. The van der Waals surface area contributed by atoms with Gasteiger partial charge in [0.25, 0.3) is 0 Å². The van der Waals surface area contributed by atoms with Crippen molar-refractivity contribution in [1.82, 2.24) is 4.90 Å². The third-order valence-electron chi connectivity index (χ3n) is 4.23. The zero-order valence-electron chi connectivity index (χ0n) is 11.5. The van der Waals surface area contributed by atoms with E-state index < -0.39 is 0 Å². The molecule has 0 bridgehead atoms. The van der Waals surface area contributed by atoms with Gasteiger partial charge in [-0.1, -0.05) is 30.3 Å². The molecule has 1 unspecified atom stereocenters. The number of nitrogens with zero attached hydrogens (tertiary/aromatic N) is 1. The predicted octanol–water partition coefficient (Wildman–Crippen LogP) is 4.01. The summed E-state index contributed by atoms with van der Waals surface area (Å²) in [5.74, 6) is 0.430. The molecule has 2 heterocycles. The lowest BCUT2D eigenvalue weighted by molar-refractivity contribution is 0.295. The van der Waals surface area contributed by atoms with E-state index in [1.807, 2.05) is 6.07 Å². The van der Waals surface area contributed by atoms with Crippen LogP contribution in [0.3, 0.4) is 0 Å². The molecule has 4 rings (SSSR count). The van der Waals surface area contributed by atoms with E-state index in [-0.39, 0.29) is 0 Å². The van der Waals surface area contributed by atoms with E-state index in [2.05, 4.69) is 54.4 Å². The van der Waals surface area contributed by atoms with Gasteiger partial charge in [-0.2, -0.15) is 0 Å². The molecule has 2 nitrogen and oxygen atoms in total. The molecule has 0 spiro atoms. The quantitative estimate of drug-likeness (QED) is 0.659. The van der Waals surface area contributed by atoms with Crippen molar-refractivity contribution >= 4 is 11.0 Å². The number of fused-ring (bicyclic) bond motifs is 2. The van der Waals surface area contributed by atoms with Gasteiger partial charge in [0.05, 0.1) is 6.26 Å². The van der Waals surface area contributed by atoms with E-state index in [1.54, 1.807) is 6.26 Å². The Bertz CT molecular complexity index is 744. The predicted molar refractivity (Wildman–Crippen MR) is 80.8 cm³/mol. The van der Waals surface area contributed by atoms with Crippen LogP contribution < -0.4 is 0 Å². The number of hydrogen-bond acceptors (Lipinski definition) is 2. The molecule has 1 atom stereocenters. The Hall–Kier alpha value is -2.06. The van der Waals surface area contributed by atoms with Gasteiger partial charge in [-0.05, 0) is 41.9 Å². The normalized spacial score (nSPS) is 19.1. The highest BCUT2D eigenvalue weighted by Gasteiger charge is 2.25. The average molecular weight is 263 g/mol. The number of likely N-dealkylation sites (N-methyl/N-ethyl adjacent to an activating group) is 1. The van der Waals surface area contributed by atoms with Crippen LogP contribution in [0.15, 0.2) is 59.2 Å². The van der Waals surface area contributed by atoms with Gasteiger partial charge in [-0.3, -0.25) is 0 Å². The summed E-state index contributed by atoms with van der Waals surface area (Å²) in [6.45, 7) is 2.07. The molecule has 3 aromatic rings. The van der Waals surface area contributed by atoms with Gasteiger partial charge >= 0.3 is 0 Å². The summed E-state index contributed by atoms with van der Waals surface area (Å²) < 4.78 is 5.58. The fraction of sp³-hybridized carbons (Fsp3) is 0.222. The Morgan fingerprint density at radius 2 is 1.95 bits per heavy atom. The molecule has 1 aromatic heterocycles. The van der Waals surface area contributed by atoms with Crippen LogP contribution >= 0.6 is 0 Å². The van der Waals surface area contributed by atoms with Crippen molar-refractivity contribution in [3.63, 3.8) is 0 Å². The van der Waals surface area contributed by atoms with E-state index in [0.717, 1.165) is 18.7 Å². The summed E-state index contributed by atoms with van der Waals surface area (Å²) in [4.78, 5) is 2.39. The largest absolute Gasteiger partial charge is 0.464 e. The Morgan fingerprint density at radius 1 is 1.10 bits per heavy atom. The van der Waals surface area contributed by atoms with Gasteiger partial charge in [0.2, 0.25) is 0 Å². The number of furan rings is 1. The summed E-state index contributed by atoms with van der Waals surface area (Å²) in [7, 11) is 2.19. The van der Waals surface area contributed by atoms with Crippen molar-refractivity contribution in [3.8, 4) is 0 Å². The molecule has 0 fully saturated rings. The Balaban J connectivity index is 1.90. The first kappa shape index (κ1) is 11.7. The van der Waals surface area contributed by atoms with Crippen LogP contribution in [0.4, 0.5) is 0 Å². The van der Waals surface area contributed by atoms with Crippen LogP contribution in [0.25, 0.3) is 11.0 Å². The molecule has 0 N–H and O–H groups in total. The third kappa shape index (κ3) is 1.84. The SMILES string of the molecule is CN1Cc2cc3ccoc3cc2C(c2ccccc2)C1. The summed E-state index contributed by atoms with van der Waals surface area (Å²) in [6.07, 6.45) is 1.78. The van der Waals surface area contributed by atoms with Gasteiger partial charge in [-0.25, -0.2) is 0 Å². The van der Waals surface area contributed by atoms with Gasteiger partial charge in [0, 0.05) is 24.4 Å². The lowest BCUT2D eigenvalue weighted by Crippen LogP contribution is -2.30. The van der Waals surface area contributed by atoms with Crippen LogP contribution in [-0.2, 0) is 6.54 Å². The van der Waals surface area contributed by atoms with Crippen LogP contribution in [0.2, 0.25) is 0 Å². The third-order valence-corrected chi connectivity index (χ3v) is 4.23. The second kappa shape index (κ2) is 4.50. The van der Waals surface area contributed by atoms with E-state index in [4.69, 9.17) is 4.42 Å². The highest BCUT2D eigenvalue weighted by Crippen LogP contribution is 2.35. The molecule has 0 saturated heterocycles. The first-order valence-electron chi connectivity index (χ1n) is 7.05. The molecule has 0 radical (unpaired) electrons. The molecular weight excluding hydrogens is 246 g/mol. The Kier molecular flexibility index (Phi) is 2.64. The molecule has 100 valence electrons. The summed E-state index contributed by atoms with van der Waals surface area (Å²) in [5, 5.41) is 1.20. The number of benzene rings is 2. The Labute approximate surface area is 118 Å². The average Bonchev–Trinajstić information content (AvgIpc) is 2.92. The fourth-order valence-corrected chi connectivity index (χ4v) is 3.27.